The highest BCUT2D eigenvalue weighted by atomic mass is 79.9. The highest BCUT2D eigenvalue weighted by molar-refractivity contribution is 9.10. The van der Waals surface area contributed by atoms with Crippen molar-refractivity contribution in [3.8, 4) is 5.00 Å². The van der Waals surface area contributed by atoms with E-state index < -0.39 is 0 Å². The minimum absolute atomic E-state index is 0.0266. The third kappa shape index (κ3) is 4.84. The van der Waals surface area contributed by atoms with Crippen molar-refractivity contribution in [2.45, 2.75) is 53.4 Å². The summed E-state index contributed by atoms with van der Waals surface area (Å²) in [6.07, 6.45) is 6.24. The minimum atomic E-state index is -0.0266. The first-order chi connectivity index (χ1) is 17.3. The highest BCUT2D eigenvalue weighted by Gasteiger charge is 2.28. The molecule has 2 heterocycles. The lowest BCUT2D eigenvalue weighted by Crippen LogP contribution is -2.17. The molecule has 1 aliphatic rings. The Hall–Kier alpha value is -2.96. The molecular formula is C30H30BrN3OS. The summed E-state index contributed by atoms with van der Waals surface area (Å²) in [6.45, 7) is 8.34. The number of halogens is 1. The van der Waals surface area contributed by atoms with E-state index in [4.69, 9.17) is 4.99 Å². The Morgan fingerprint density at radius 3 is 2.53 bits per heavy atom. The normalized spacial score (nSPS) is 13.2. The largest absolute Gasteiger partial charge is 0.322 e. The second-order valence-electron chi connectivity index (χ2n) is 9.56. The standard InChI is InChI=1S/C30H30BrN3OS/c1-18-9-11-23(12-10-18)33-29(35)28-25-7-5-6-8-27(25)36-30(28)34-20(3)16-22(21(34)4)17-32-24-13-14-26(31)19(2)15-24/h9-17H,5-8H2,1-4H3,(H,33,35). The highest BCUT2D eigenvalue weighted by Crippen LogP contribution is 2.39. The lowest BCUT2D eigenvalue weighted by Gasteiger charge is -2.14. The van der Waals surface area contributed by atoms with Gasteiger partial charge in [-0.2, -0.15) is 0 Å². The van der Waals surface area contributed by atoms with Crippen LogP contribution in [-0.2, 0) is 12.8 Å². The van der Waals surface area contributed by atoms with Gasteiger partial charge in [0.2, 0.25) is 0 Å². The topological polar surface area (TPSA) is 46.4 Å². The number of hydrogen-bond donors (Lipinski definition) is 1. The molecule has 0 radical (unpaired) electrons. The van der Waals surface area contributed by atoms with Crippen LogP contribution in [0, 0.1) is 27.7 Å². The molecule has 0 aliphatic heterocycles. The number of benzene rings is 2. The van der Waals surface area contributed by atoms with Crippen molar-refractivity contribution in [3.05, 3.63) is 97.1 Å². The lowest BCUT2D eigenvalue weighted by molar-refractivity contribution is 0.102. The number of aromatic nitrogens is 1. The fraction of sp³-hybridized carbons (Fsp3) is 0.267. The monoisotopic (exact) mass is 559 g/mol. The number of nitrogens with zero attached hydrogens (tertiary/aromatic N) is 2. The fourth-order valence-electron chi connectivity index (χ4n) is 4.86. The van der Waals surface area contributed by atoms with E-state index in [-0.39, 0.29) is 5.91 Å². The van der Waals surface area contributed by atoms with Gasteiger partial charge in [-0.25, -0.2) is 0 Å². The number of aryl methyl sites for hydroxylation is 4. The molecule has 0 atom stereocenters. The Morgan fingerprint density at radius 1 is 1.03 bits per heavy atom. The summed E-state index contributed by atoms with van der Waals surface area (Å²) in [5, 5.41) is 4.17. The Labute approximate surface area is 225 Å². The number of nitrogens with one attached hydrogen (secondary N) is 1. The molecule has 36 heavy (non-hydrogen) atoms. The van der Waals surface area contributed by atoms with Crippen LogP contribution in [0.5, 0.6) is 0 Å². The van der Waals surface area contributed by atoms with E-state index >= 15 is 0 Å². The molecule has 0 saturated carbocycles. The van der Waals surface area contributed by atoms with Gasteiger partial charge in [0.1, 0.15) is 5.00 Å². The van der Waals surface area contributed by atoms with E-state index in [2.05, 4.69) is 65.6 Å². The molecule has 0 unspecified atom stereocenters. The molecule has 1 aliphatic carbocycles. The van der Waals surface area contributed by atoms with Crippen molar-refractivity contribution in [1.82, 2.24) is 4.57 Å². The second kappa shape index (κ2) is 10.2. The molecular weight excluding hydrogens is 530 g/mol. The quantitative estimate of drug-likeness (QED) is 0.245. The molecule has 184 valence electrons. The predicted octanol–water partition coefficient (Wildman–Crippen LogP) is 8.42. The van der Waals surface area contributed by atoms with Gasteiger partial charge in [-0.1, -0.05) is 33.6 Å². The van der Waals surface area contributed by atoms with Crippen LogP contribution < -0.4 is 5.32 Å². The van der Waals surface area contributed by atoms with Crippen LogP contribution in [0.3, 0.4) is 0 Å². The minimum Gasteiger partial charge on any atom is -0.322 e. The molecule has 0 fully saturated rings. The molecule has 4 aromatic rings. The zero-order chi connectivity index (χ0) is 25.4. The molecule has 0 spiro atoms. The number of rotatable bonds is 5. The average molecular weight is 561 g/mol. The van der Waals surface area contributed by atoms with Gasteiger partial charge in [-0.3, -0.25) is 9.79 Å². The van der Waals surface area contributed by atoms with Crippen LogP contribution in [-0.4, -0.2) is 16.7 Å². The summed E-state index contributed by atoms with van der Waals surface area (Å²) in [5.41, 5.74) is 9.37. The Balaban J connectivity index is 1.54. The number of anilines is 1. The van der Waals surface area contributed by atoms with Gasteiger partial charge in [0, 0.05) is 38.2 Å². The number of aliphatic imine (C=N–C) groups is 1. The van der Waals surface area contributed by atoms with Crippen LogP contribution in [0.25, 0.3) is 5.00 Å². The van der Waals surface area contributed by atoms with Crippen molar-refractivity contribution < 1.29 is 4.79 Å². The molecule has 1 amide bonds. The van der Waals surface area contributed by atoms with Crippen LogP contribution in [0.1, 0.15) is 61.7 Å². The molecule has 5 rings (SSSR count). The predicted molar refractivity (Wildman–Crippen MR) is 155 cm³/mol. The Kier molecular flexibility index (Phi) is 7.00. The third-order valence-corrected chi connectivity index (χ3v) is 9.02. The maximum atomic E-state index is 13.7. The van der Waals surface area contributed by atoms with Gasteiger partial charge >= 0.3 is 0 Å². The summed E-state index contributed by atoms with van der Waals surface area (Å²) < 4.78 is 3.32. The molecule has 1 N–H and O–H groups in total. The van der Waals surface area contributed by atoms with Crippen LogP contribution in [0.4, 0.5) is 11.4 Å². The van der Waals surface area contributed by atoms with Crippen LogP contribution >= 0.6 is 27.3 Å². The van der Waals surface area contributed by atoms with Crippen molar-refractivity contribution >= 4 is 50.8 Å². The SMILES string of the molecule is Cc1ccc(NC(=O)c2c(-n3c(C)cc(C=Nc4ccc(Br)c(C)c4)c3C)sc3c2CCCC3)cc1. The van der Waals surface area contributed by atoms with Gasteiger partial charge in [0.05, 0.1) is 11.3 Å². The Bertz CT molecular complexity index is 1480. The Morgan fingerprint density at radius 2 is 1.78 bits per heavy atom. The lowest BCUT2D eigenvalue weighted by atomic mass is 9.95. The summed E-state index contributed by atoms with van der Waals surface area (Å²) in [6, 6.07) is 16.3. The second-order valence-corrected chi connectivity index (χ2v) is 11.5. The summed E-state index contributed by atoms with van der Waals surface area (Å²) >= 11 is 5.32. The van der Waals surface area contributed by atoms with Crippen molar-refractivity contribution in [2.24, 2.45) is 4.99 Å². The number of thiophene rings is 1. The van der Waals surface area contributed by atoms with Gasteiger partial charge < -0.3 is 9.88 Å². The number of amides is 1. The van der Waals surface area contributed by atoms with Crippen LogP contribution in [0.2, 0.25) is 0 Å². The molecule has 0 bridgehead atoms. The number of hydrogen-bond acceptors (Lipinski definition) is 3. The number of fused-ring (bicyclic) bond motifs is 1. The van der Waals surface area contributed by atoms with Gasteiger partial charge in [-0.05, 0) is 101 Å². The number of carbonyl (C=O) groups is 1. The van der Waals surface area contributed by atoms with Gasteiger partial charge in [0.25, 0.3) is 5.91 Å². The zero-order valence-corrected chi connectivity index (χ0v) is 23.5. The average Bonchev–Trinajstić information content (AvgIpc) is 3.37. The zero-order valence-electron chi connectivity index (χ0n) is 21.1. The fourth-order valence-corrected chi connectivity index (χ4v) is 6.60. The first-order valence-electron chi connectivity index (χ1n) is 12.3. The summed E-state index contributed by atoms with van der Waals surface area (Å²) in [5.74, 6) is -0.0266. The van der Waals surface area contributed by atoms with E-state index in [1.54, 1.807) is 11.3 Å². The summed E-state index contributed by atoms with van der Waals surface area (Å²) in [7, 11) is 0. The van der Waals surface area contributed by atoms with Crippen LogP contribution in [0.15, 0.2) is 58.0 Å². The number of carbonyl (C=O) groups excluding carboxylic acids is 1. The third-order valence-electron chi connectivity index (χ3n) is 6.86. The van der Waals surface area contributed by atoms with E-state index in [9.17, 15) is 4.79 Å². The van der Waals surface area contributed by atoms with Gasteiger partial charge in [-0.15, -0.1) is 11.3 Å². The molecule has 4 nitrogen and oxygen atoms in total. The molecule has 6 heteroatoms. The maximum Gasteiger partial charge on any atom is 0.258 e. The molecule has 2 aromatic carbocycles. The molecule has 0 saturated heterocycles. The maximum absolute atomic E-state index is 13.7. The van der Waals surface area contributed by atoms with E-state index in [1.807, 2.05) is 42.6 Å². The van der Waals surface area contributed by atoms with Crippen molar-refractivity contribution in [2.75, 3.05) is 5.32 Å². The van der Waals surface area contributed by atoms with E-state index in [0.717, 1.165) is 68.2 Å². The molecule has 2 aromatic heterocycles. The van der Waals surface area contributed by atoms with Crippen molar-refractivity contribution in [1.29, 1.82) is 0 Å². The van der Waals surface area contributed by atoms with Crippen molar-refractivity contribution in [3.63, 3.8) is 0 Å². The van der Waals surface area contributed by atoms with E-state index in [1.165, 1.54) is 22.4 Å². The van der Waals surface area contributed by atoms with Gasteiger partial charge in [0.15, 0.2) is 0 Å². The first kappa shape index (κ1) is 24.7. The smallest absolute Gasteiger partial charge is 0.258 e. The summed E-state index contributed by atoms with van der Waals surface area (Å²) in [4.78, 5) is 19.8. The van der Waals surface area contributed by atoms with E-state index in [0.29, 0.717) is 0 Å². The first-order valence-corrected chi connectivity index (χ1v) is 13.9.